The Morgan fingerprint density at radius 1 is 1.09 bits per heavy atom. The predicted molar refractivity (Wildman–Crippen MR) is 88.7 cm³/mol. The Labute approximate surface area is 135 Å². The highest BCUT2D eigenvalue weighted by atomic mass is 16.5. The quantitative estimate of drug-likeness (QED) is 0.478. The number of carbonyl (C=O) groups is 1. The van der Waals surface area contributed by atoms with Crippen LogP contribution in [0.2, 0.25) is 0 Å². The Morgan fingerprint density at radius 2 is 1.65 bits per heavy atom. The minimum absolute atomic E-state index is 0.0101. The number of nitrogens with zero attached hydrogens (tertiary/aromatic N) is 1. The van der Waals surface area contributed by atoms with Crippen molar-refractivity contribution >= 4 is 12.0 Å². The Balaban J connectivity index is 2.21. The van der Waals surface area contributed by atoms with Crippen LogP contribution in [0.3, 0.4) is 0 Å². The molecule has 4 nitrogen and oxygen atoms in total. The lowest BCUT2D eigenvalue weighted by Crippen LogP contribution is -2.05. The number of benzene rings is 2. The minimum Gasteiger partial charge on any atom is -0.497 e. The van der Waals surface area contributed by atoms with Crippen molar-refractivity contribution in [3.8, 4) is 22.9 Å². The Hall–Kier alpha value is -3.06. The Morgan fingerprint density at radius 3 is 2.13 bits per heavy atom. The molecule has 4 heteroatoms. The van der Waals surface area contributed by atoms with E-state index in [9.17, 15) is 4.79 Å². The number of hydrogen-bond donors (Lipinski definition) is 0. The molecule has 0 spiro atoms. The summed E-state index contributed by atoms with van der Waals surface area (Å²) in [6.45, 7) is 1.95. The van der Waals surface area contributed by atoms with Gasteiger partial charge >= 0.3 is 5.97 Å². The summed E-state index contributed by atoms with van der Waals surface area (Å²) in [5.74, 6) is 0.204. The van der Waals surface area contributed by atoms with Crippen molar-refractivity contribution < 1.29 is 14.3 Å². The maximum absolute atomic E-state index is 11.6. The summed E-state index contributed by atoms with van der Waals surface area (Å²) in [6, 6.07) is 17.2. The van der Waals surface area contributed by atoms with E-state index >= 15 is 0 Å². The molecule has 2 aromatic carbocycles. The Kier molecular flexibility index (Phi) is 5.54. The van der Waals surface area contributed by atoms with Crippen LogP contribution in [0.5, 0.6) is 5.75 Å². The van der Waals surface area contributed by atoms with Crippen molar-refractivity contribution in [1.29, 1.82) is 5.26 Å². The average Bonchev–Trinajstić information content (AvgIpc) is 2.60. The molecule has 0 aromatic heterocycles. The van der Waals surface area contributed by atoms with E-state index in [2.05, 4.69) is 0 Å². The van der Waals surface area contributed by atoms with Gasteiger partial charge in [0.1, 0.15) is 17.4 Å². The molecule has 2 aromatic rings. The van der Waals surface area contributed by atoms with Gasteiger partial charge in [-0.1, -0.05) is 36.4 Å². The molecule has 0 fully saturated rings. The topological polar surface area (TPSA) is 59.3 Å². The number of carbonyl (C=O) groups excluding carboxylic acids is 1. The van der Waals surface area contributed by atoms with E-state index in [0.29, 0.717) is 0 Å². The maximum atomic E-state index is 11.6. The highest BCUT2D eigenvalue weighted by molar-refractivity contribution is 5.97. The summed E-state index contributed by atoms with van der Waals surface area (Å²) < 4.78 is 9.98. The number of ether oxygens (including phenoxy) is 2. The van der Waals surface area contributed by atoms with Gasteiger partial charge in [-0.2, -0.15) is 5.26 Å². The molecule has 0 aliphatic heterocycles. The second kappa shape index (κ2) is 7.81. The first-order valence-corrected chi connectivity index (χ1v) is 7.21. The zero-order valence-electron chi connectivity index (χ0n) is 13.1. The molecule has 0 aliphatic rings. The van der Waals surface area contributed by atoms with Gasteiger partial charge < -0.3 is 9.47 Å². The first-order valence-electron chi connectivity index (χ1n) is 7.21. The molecule has 0 unspecified atom stereocenters. The van der Waals surface area contributed by atoms with Crippen molar-refractivity contribution in [3.63, 3.8) is 0 Å². The first kappa shape index (κ1) is 16.3. The number of nitriles is 1. The lowest BCUT2D eigenvalue weighted by atomic mass is 10.0. The van der Waals surface area contributed by atoms with Crippen LogP contribution in [0.1, 0.15) is 12.5 Å². The van der Waals surface area contributed by atoms with E-state index in [-0.39, 0.29) is 12.2 Å². The van der Waals surface area contributed by atoms with E-state index in [1.165, 1.54) is 6.08 Å². The van der Waals surface area contributed by atoms with Crippen molar-refractivity contribution in [2.45, 2.75) is 6.92 Å². The lowest BCUT2D eigenvalue weighted by molar-refractivity contribution is -0.137. The molecule has 0 N–H and O–H groups in total. The molecule has 0 radical (unpaired) electrons. The van der Waals surface area contributed by atoms with E-state index in [4.69, 9.17) is 14.7 Å². The van der Waals surface area contributed by atoms with Gasteiger partial charge in [-0.05, 0) is 41.8 Å². The summed E-state index contributed by atoms with van der Waals surface area (Å²) in [5, 5.41) is 9.04. The zero-order chi connectivity index (χ0) is 16.7. The van der Waals surface area contributed by atoms with Crippen molar-refractivity contribution in [1.82, 2.24) is 0 Å². The van der Waals surface area contributed by atoms with Gasteiger partial charge in [0, 0.05) is 0 Å². The van der Waals surface area contributed by atoms with Crippen LogP contribution in [0.15, 0.2) is 54.1 Å². The average molecular weight is 307 g/mol. The predicted octanol–water partition coefficient (Wildman–Crippen LogP) is 3.83. The molecule has 0 atom stereocenters. The normalized spacial score (nSPS) is 10.7. The summed E-state index contributed by atoms with van der Waals surface area (Å²) in [7, 11) is 1.63. The van der Waals surface area contributed by atoms with Gasteiger partial charge in [-0.25, -0.2) is 4.79 Å². The van der Waals surface area contributed by atoms with E-state index in [1.807, 2.05) is 54.6 Å². The zero-order valence-corrected chi connectivity index (χ0v) is 13.1. The van der Waals surface area contributed by atoms with E-state index < -0.39 is 5.97 Å². The third-order valence-electron chi connectivity index (χ3n) is 3.26. The smallest absolute Gasteiger partial charge is 0.348 e. The van der Waals surface area contributed by atoms with Crippen LogP contribution >= 0.6 is 0 Å². The van der Waals surface area contributed by atoms with E-state index in [0.717, 1.165) is 22.4 Å². The molecule has 0 saturated carbocycles. The van der Waals surface area contributed by atoms with Crippen molar-refractivity contribution in [2.75, 3.05) is 13.7 Å². The van der Waals surface area contributed by atoms with Crippen LogP contribution in [0.4, 0.5) is 0 Å². The number of esters is 1. The molecule has 0 aliphatic carbocycles. The molecule has 116 valence electrons. The van der Waals surface area contributed by atoms with Crippen LogP contribution in [-0.4, -0.2) is 19.7 Å². The molecule has 0 bridgehead atoms. The van der Waals surface area contributed by atoms with Crippen molar-refractivity contribution in [3.05, 3.63) is 59.7 Å². The highest BCUT2D eigenvalue weighted by Gasteiger charge is 2.09. The minimum atomic E-state index is -0.603. The number of hydrogen-bond acceptors (Lipinski definition) is 4. The molecular weight excluding hydrogens is 290 g/mol. The molecule has 0 amide bonds. The van der Waals surface area contributed by atoms with Gasteiger partial charge in [0.25, 0.3) is 0 Å². The molecule has 0 heterocycles. The summed E-state index contributed by atoms with van der Waals surface area (Å²) >= 11 is 0. The first-order chi connectivity index (χ1) is 11.2. The fraction of sp³-hybridized carbons (Fsp3) is 0.158. The fourth-order valence-electron chi connectivity index (χ4n) is 2.07. The molecular formula is C19H17NO3. The van der Waals surface area contributed by atoms with E-state index in [1.54, 1.807) is 14.0 Å². The number of rotatable bonds is 5. The highest BCUT2D eigenvalue weighted by Crippen LogP contribution is 2.23. The third-order valence-corrected chi connectivity index (χ3v) is 3.26. The second-order valence-electron chi connectivity index (χ2n) is 4.74. The second-order valence-corrected chi connectivity index (χ2v) is 4.74. The lowest BCUT2D eigenvalue weighted by Gasteiger charge is -2.05. The third kappa shape index (κ3) is 4.21. The van der Waals surface area contributed by atoms with Crippen LogP contribution in [-0.2, 0) is 9.53 Å². The van der Waals surface area contributed by atoms with Crippen LogP contribution in [0.25, 0.3) is 17.2 Å². The maximum Gasteiger partial charge on any atom is 0.348 e. The van der Waals surface area contributed by atoms with Crippen LogP contribution in [0, 0.1) is 11.3 Å². The summed E-state index contributed by atoms with van der Waals surface area (Å²) in [4.78, 5) is 11.6. The van der Waals surface area contributed by atoms with Gasteiger partial charge in [-0.15, -0.1) is 0 Å². The van der Waals surface area contributed by atoms with Crippen LogP contribution < -0.4 is 4.74 Å². The summed E-state index contributed by atoms with van der Waals surface area (Å²) in [5.41, 5.74) is 2.86. The molecule has 0 saturated heterocycles. The monoisotopic (exact) mass is 307 g/mol. The van der Waals surface area contributed by atoms with Crippen molar-refractivity contribution in [2.24, 2.45) is 0 Å². The molecule has 23 heavy (non-hydrogen) atoms. The SMILES string of the molecule is CCOC(=O)/C(C#N)=C/c1ccc(-c2ccc(OC)cc2)cc1. The van der Waals surface area contributed by atoms with Gasteiger partial charge in [0.15, 0.2) is 0 Å². The Bertz CT molecular complexity index is 738. The number of methoxy groups -OCH3 is 1. The van der Waals surface area contributed by atoms with Gasteiger partial charge in [0.2, 0.25) is 0 Å². The molecule has 2 rings (SSSR count). The van der Waals surface area contributed by atoms with Gasteiger partial charge in [0.05, 0.1) is 13.7 Å². The van der Waals surface area contributed by atoms with Gasteiger partial charge in [-0.3, -0.25) is 0 Å². The largest absolute Gasteiger partial charge is 0.497 e. The standard InChI is InChI=1S/C19H17NO3/c1-3-23-19(21)17(13-20)12-14-4-6-15(7-5-14)16-8-10-18(22-2)11-9-16/h4-12H,3H2,1-2H3/b17-12+. The fourth-order valence-corrected chi connectivity index (χ4v) is 2.07. The summed E-state index contributed by atoms with van der Waals surface area (Å²) in [6.07, 6.45) is 1.52.